The van der Waals surface area contributed by atoms with Crippen molar-refractivity contribution in [3.8, 4) is 11.5 Å². The van der Waals surface area contributed by atoms with Crippen molar-refractivity contribution in [3.05, 3.63) is 125 Å². The van der Waals surface area contributed by atoms with Crippen molar-refractivity contribution in [3.63, 3.8) is 0 Å². The van der Waals surface area contributed by atoms with Crippen LogP contribution in [0.25, 0.3) is 0 Å². The van der Waals surface area contributed by atoms with Crippen LogP contribution in [-0.4, -0.2) is 57.7 Å². The Morgan fingerprint density at radius 3 is 2.51 bits per heavy atom. The van der Waals surface area contributed by atoms with Gasteiger partial charge in [0.2, 0.25) is 0 Å². The average molecular weight is 750 g/mol. The number of amides is 2. The molecular weight excluding hydrogens is 710 g/mol. The number of carbonyl (C=O) groups is 2. The number of fused-ring (bicyclic) bond motifs is 4. The highest BCUT2D eigenvalue weighted by Crippen LogP contribution is 2.60. The summed E-state index contributed by atoms with van der Waals surface area (Å²) in [5, 5.41) is 18.2. The highest BCUT2D eigenvalue weighted by Gasteiger charge is 2.66. The number of aromatic nitrogens is 3. The first-order chi connectivity index (χ1) is 25.5. The molecule has 4 aromatic carbocycles. The minimum absolute atomic E-state index is 0.0183. The third-order valence-electron chi connectivity index (χ3n) is 10.7. The van der Waals surface area contributed by atoms with Gasteiger partial charge < -0.3 is 24.3 Å². The molecule has 2 amide bonds. The number of aryl methyl sites for hydroxylation is 1. The number of carbonyl (C=O) groups excluding carboxylic acids is 2. The topological polar surface area (TPSA) is 130 Å². The summed E-state index contributed by atoms with van der Waals surface area (Å²) < 4.78 is 14.9. The van der Waals surface area contributed by atoms with Gasteiger partial charge in [-0.1, -0.05) is 60.1 Å². The van der Waals surface area contributed by atoms with Gasteiger partial charge in [0.05, 0.1) is 35.3 Å². The molecule has 8 rings (SSSR count). The lowest BCUT2D eigenvalue weighted by Gasteiger charge is -2.32. The standard InChI is InChI=1S/C40H40ClN5O6Si/c1-25-37(53(2,3)50)36(17-19-44-24-28(18-20-47)42-43-44)52-40(25)31-22-27(41)15-16-32(31)45(39(40)49)23-26-9-8-10-29(21-26)46-33-12-5-7-14-35(33)51-34-13-6-4-11-30(34)38(46)48/h4-16,21-22,24-25,36-37,47,50H,17-20,23H2,1-3H3/t25-,36+,37-,40+/m1/s1. The zero-order valence-electron chi connectivity index (χ0n) is 29.6. The summed E-state index contributed by atoms with van der Waals surface area (Å²) >= 11 is 6.62. The van der Waals surface area contributed by atoms with E-state index >= 15 is 4.79 Å². The van der Waals surface area contributed by atoms with Crippen molar-refractivity contribution in [2.45, 2.75) is 63.2 Å². The second-order valence-electron chi connectivity index (χ2n) is 14.5. The number of aliphatic hydroxyl groups is 1. The summed E-state index contributed by atoms with van der Waals surface area (Å²) in [5.74, 6) is 0.224. The van der Waals surface area contributed by atoms with Gasteiger partial charge >= 0.3 is 0 Å². The lowest BCUT2D eigenvalue weighted by atomic mass is 9.82. The van der Waals surface area contributed by atoms with Crippen molar-refractivity contribution >= 4 is 48.8 Å². The molecule has 0 radical (unpaired) electrons. The Bertz CT molecular complexity index is 2220. The van der Waals surface area contributed by atoms with Crippen LogP contribution in [0, 0.1) is 5.92 Å². The van der Waals surface area contributed by atoms with Crippen LogP contribution in [0.3, 0.4) is 0 Å². The number of aliphatic hydroxyl groups excluding tert-OH is 1. The number of halogens is 1. The zero-order valence-corrected chi connectivity index (χ0v) is 31.4. The second-order valence-corrected chi connectivity index (χ2v) is 18.9. The third kappa shape index (κ3) is 6.04. The molecule has 13 heteroatoms. The first-order valence-corrected chi connectivity index (χ1v) is 21.2. The Kier molecular flexibility index (Phi) is 8.98. The number of hydrogen-bond donors (Lipinski definition) is 2. The molecule has 5 aromatic rings. The number of ether oxygens (including phenoxy) is 2. The van der Waals surface area contributed by atoms with Gasteiger partial charge in [-0.2, -0.15) is 0 Å². The van der Waals surface area contributed by atoms with E-state index in [0.717, 1.165) is 5.56 Å². The Hall–Kier alpha value is -4.85. The fraction of sp³-hybridized carbons (Fsp3) is 0.300. The highest BCUT2D eigenvalue weighted by molar-refractivity contribution is 6.71. The van der Waals surface area contributed by atoms with Crippen LogP contribution < -0.4 is 14.5 Å². The molecule has 11 nitrogen and oxygen atoms in total. The monoisotopic (exact) mass is 749 g/mol. The molecule has 0 saturated carbocycles. The summed E-state index contributed by atoms with van der Waals surface area (Å²) in [5.41, 5.74) is 2.90. The van der Waals surface area contributed by atoms with Crippen molar-refractivity contribution in [2.24, 2.45) is 5.92 Å². The molecule has 53 heavy (non-hydrogen) atoms. The highest BCUT2D eigenvalue weighted by atomic mass is 35.5. The average Bonchev–Trinajstić information content (AvgIpc) is 3.75. The molecule has 1 aromatic heterocycles. The van der Waals surface area contributed by atoms with Gasteiger partial charge in [0.1, 0.15) is 5.75 Å². The van der Waals surface area contributed by atoms with E-state index in [9.17, 15) is 14.7 Å². The fourth-order valence-corrected chi connectivity index (χ4v) is 11.2. The van der Waals surface area contributed by atoms with E-state index < -0.39 is 20.0 Å². The van der Waals surface area contributed by atoms with Crippen LogP contribution in [0.5, 0.6) is 11.5 Å². The van der Waals surface area contributed by atoms with E-state index in [1.54, 1.807) is 38.9 Å². The third-order valence-corrected chi connectivity index (χ3v) is 13.4. The lowest BCUT2D eigenvalue weighted by Crippen LogP contribution is -2.46. The maximum atomic E-state index is 15.0. The Balaban J connectivity index is 1.14. The molecule has 2 N–H and O–H groups in total. The normalized spacial score (nSPS) is 22.1. The van der Waals surface area contributed by atoms with Gasteiger partial charge in [-0.15, -0.1) is 5.10 Å². The number of nitrogens with zero attached hydrogens (tertiary/aromatic N) is 5. The summed E-state index contributed by atoms with van der Waals surface area (Å²) in [6, 6.07) is 27.7. The second kappa shape index (κ2) is 13.5. The SMILES string of the molecule is C[C@@H]1[C@@H]([Si](C)(C)O)[C@H](CCn2cc(CCO)nn2)O[C@@]12C(=O)N(Cc1cccc(N3C(=O)c4ccccc4Oc4ccccc43)c1)c1ccc(Cl)cc12. The molecule has 4 atom stereocenters. The molecular formula is C40H40ClN5O6Si. The van der Waals surface area contributed by atoms with Crippen molar-refractivity contribution in [1.29, 1.82) is 0 Å². The molecule has 1 spiro atoms. The van der Waals surface area contributed by atoms with Crippen LogP contribution in [0.15, 0.2) is 97.2 Å². The first kappa shape index (κ1) is 35.2. The largest absolute Gasteiger partial charge is 0.454 e. The van der Waals surface area contributed by atoms with Crippen LogP contribution in [0.4, 0.5) is 17.1 Å². The summed E-state index contributed by atoms with van der Waals surface area (Å²) in [7, 11) is -2.90. The number of benzene rings is 4. The van der Waals surface area contributed by atoms with Gasteiger partial charge in [0.15, 0.2) is 19.7 Å². The van der Waals surface area contributed by atoms with Crippen molar-refractivity contribution < 1.29 is 29.0 Å². The van der Waals surface area contributed by atoms with Gasteiger partial charge in [-0.05, 0) is 79.7 Å². The van der Waals surface area contributed by atoms with E-state index in [1.807, 2.05) is 92.8 Å². The van der Waals surface area contributed by atoms with E-state index in [2.05, 4.69) is 10.3 Å². The minimum atomic E-state index is -2.90. The number of para-hydroxylation sites is 3. The predicted molar refractivity (Wildman–Crippen MR) is 203 cm³/mol. The Morgan fingerprint density at radius 2 is 1.72 bits per heavy atom. The molecule has 4 heterocycles. The van der Waals surface area contributed by atoms with Gasteiger partial charge in [-0.3, -0.25) is 19.2 Å². The fourth-order valence-electron chi connectivity index (χ4n) is 8.45. The van der Waals surface area contributed by atoms with Crippen LogP contribution in [0.2, 0.25) is 23.7 Å². The van der Waals surface area contributed by atoms with Gasteiger partial charge in [-0.25, -0.2) is 0 Å². The van der Waals surface area contributed by atoms with Crippen molar-refractivity contribution in [2.75, 3.05) is 16.4 Å². The number of hydrogen-bond acceptors (Lipinski definition) is 8. The zero-order chi connectivity index (χ0) is 37.1. The molecule has 0 aliphatic carbocycles. The van der Waals surface area contributed by atoms with Gasteiger partial charge in [0, 0.05) is 53.5 Å². The Labute approximate surface area is 313 Å². The molecule has 1 fully saturated rings. The molecule has 3 aliphatic heterocycles. The van der Waals surface area contributed by atoms with Crippen LogP contribution in [-0.2, 0) is 34.6 Å². The van der Waals surface area contributed by atoms with E-state index in [0.29, 0.717) is 69.8 Å². The summed E-state index contributed by atoms with van der Waals surface area (Å²) in [6.07, 6.45) is 2.27. The summed E-state index contributed by atoms with van der Waals surface area (Å²) in [6.45, 7) is 6.44. The summed E-state index contributed by atoms with van der Waals surface area (Å²) in [4.78, 5) is 44.3. The molecule has 1 saturated heterocycles. The maximum Gasteiger partial charge on any atom is 0.266 e. The van der Waals surface area contributed by atoms with Crippen LogP contribution >= 0.6 is 11.6 Å². The minimum Gasteiger partial charge on any atom is -0.454 e. The number of anilines is 3. The smallest absolute Gasteiger partial charge is 0.266 e. The molecule has 0 unspecified atom stereocenters. The van der Waals surface area contributed by atoms with E-state index in [4.69, 9.17) is 21.1 Å². The maximum absolute atomic E-state index is 15.0. The molecule has 0 bridgehead atoms. The van der Waals surface area contributed by atoms with E-state index in [1.165, 1.54) is 0 Å². The molecule has 272 valence electrons. The quantitative estimate of drug-likeness (QED) is 0.154. The van der Waals surface area contributed by atoms with Crippen molar-refractivity contribution in [1.82, 2.24) is 15.0 Å². The Morgan fingerprint density at radius 1 is 0.943 bits per heavy atom. The first-order valence-electron chi connectivity index (χ1n) is 17.8. The predicted octanol–water partition coefficient (Wildman–Crippen LogP) is 6.99. The molecule has 3 aliphatic rings. The lowest BCUT2D eigenvalue weighted by molar-refractivity contribution is -0.146. The van der Waals surface area contributed by atoms with Crippen LogP contribution in [0.1, 0.15) is 40.5 Å². The number of rotatable bonds is 9. The van der Waals surface area contributed by atoms with E-state index in [-0.39, 0.29) is 36.4 Å². The van der Waals surface area contributed by atoms with Gasteiger partial charge in [0.25, 0.3) is 11.8 Å².